The summed E-state index contributed by atoms with van der Waals surface area (Å²) in [5, 5.41) is 3.09. The first-order chi connectivity index (χ1) is 13.0. The van der Waals surface area contributed by atoms with E-state index in [-0.39, 0.29) is 35.5 Å². The van der Waals surface area contributed by atoms with Crippen molar-refractivity contribution in [2.75, 3.05) is 26.2 Å². The Morgan fingerprint density at radius 2 is 1.48 bits per heavy atom. The quantitative estimate of drug-likeness (QED) is 0.771. The van der Waals surface area contributed by atoms with Crippen LogP contribution in [0.25, 0.3) is 0 Å². The van der Waals surface area contributed by atoms with Gasteiger partial charge >= 0.3 is 0 Å². The number of hydrogen-bond acceptors (Lipinski definition) is 3. The van der Waals surface area contributed by atoms with E-state index in [4.69, 9.17) is 0 Å². The van der Waals surface area contributed by atoms with Crippen LogP contribution in [-0.2, 0) is 14.4 Å². The van der Waals surface area contributed by atoms with Gasteiger partial charge in [0.1, 0.15) is 6.04 Å². The second-order valence-electron chi connectivity index (χ2n) is 8.63. The smallest absolute Gasteiger partial charge is 0.245 e. The lowest BCUT2D eigenvalue weighted by Crippen LogP contribution is -2.58. The standard InChI is InChI=1S/C21H35N3O3/c1-3-15(2)18(22-19(25)16-7-5-4-6-8-16)21(27)24-13-11-23(12-14-24)20(26)17-9-10-17/h15-18H,3-14H2,1-2H3,(H,22,25). The molecule has 0 radical (unpaired) electrons. The van der Waals surface area contributed by atoms with E-state index >= 15 is 0 Å². The summed E-state index contributed by atoms with van der Waals surface area (Å²) in [6, 6.07) is -0.449. The number of nitrogens with one attached hydrogen (secondary N) is 1. The number of hydrogen-bond donors (Lipinski definition) is 1. The summed E-state index contributed by atoms with van der Waals surface area (Å²) < 4.78 is 0. The third kappa shape index (κ3) is 5.02. The summed E-state index contributed by atoms with van der Waals surface area (Å²) >= 11 is 0. The Morgan fingerprint density at radius 3 is 2.04 bits per heavy atom. The van der Waals surface area contributed by atoms with Crippen molar-refractivity contribution in [1.82, 2.24) is 15.1 Å². The van der Waals surface area contributed by atoms with Crippen LogP contribution in [0.4, 0.5) is 0 Å². The Morgan fingerprint density at radius 1 is 0.889 bits per heavy atom. The number of amides is 3. The van der Waals surface area contributed by atoms with Gasteiger partial charge in [0.25, 0.3) is 0 Å². The van der Waals surface area contributed by atoms with Crippen LogP contribution in [0.5, 0.6) is 0 Å². The maximum atomic E-state index is 13.1. The summed E-state index contributed by atoms with van der Waals surface area (Å²) in [6.45, 7) is 6.48. The summed E-state index contributed by atoms with van der Waals surface area (Å²) in [4.78, 5) is 41.8. The van der Waals surface area contributed by atoms with Crippen molar-refractivity contribution in [3.05, 3.63) is 0 Å². The van der Waals surface area contributed by atoms with Crippen molar-refractivity contribution in [3.8, 4) is 0 Å². The van der Waals surface area contributed by atoms with Crippen molar-refractivity contribution >= 4 is 17.7 Å². The van der Waals surface area contributed by atoms with Gasteiger partial charge in [-0.05, 0) is 31.6 Å². The summed E-state index contributed by atoms with van der Waals surface area (Å²) in [5.41, 5.74) is 0. The van der Waals surface area contributed by atoms with Gasteiger partial charge < -0.3 is 15.1 Å². The predicted octanol–water partition coefficient (Wildman–Crippen LogP) is 2.18. The van der Waals surface area contributed by atoms with E-state index in [1.807, 2.05) is 16.7 Å². The van der Waals surface area contributed by atoms with E-state index < -0.39 is 6.04 Å². The van der Waals surface area contributed by atoms with Gasteiger partial charge in [-0.15, -0.1) is 0 Å². The first-order valence-electron chi connectivity index (χ1n) is 10.9. The molecule has 6 nitrogen and oxygen atoms in total. The molecule has 0 spiro atoms. The minimum Gasteiger partial charge on any atom is -0.344 e. The van der Waals surface area contributed by atoms with Crippen LogP contribution in [0.3, 0.4) is 0 Å². The third-order valence-electron chi connectivity index (χ3n) is 6.58. The van der Waals surface area contributed by atoms with Gasteiger partial charge in [0.05, 0.1) is 0 Å². The highest BCUT2D eigenvalue weighted by Gasteiger charge is 2.37. The first kappa shape index (κ1) is 20.2. The van der Waals surface area contributed by atoms with Crippen LogP contribution in [0.15, 0.2) is 0 Å². The maximum absolute atomic E-state index is 13.1. The minimum atomic E-state index is -0.449. The lowest BCUT2D eigenvalue weighted by atomic mass is 9.88. The normalized spacial score (nSPS) is 23.6. The molecule has 6 heteroatoms. The molecule has 1 heterocycles. The molecule has 27 heavy (non-hydrogen) atoms. The fraction of sp³-hybridized carbons (Fsp3) is 0.857. The molecule has 3 aliphatic rings. The van der Waals surface area contributed by atoms with Crippen LogP contribution < -0.4 is 5.32 Å². The van der Waals surface area contributed by atoms with E-state index in [0.29, 0.717) is 26.2 Å². The van der Waals surface area contributed by atoms with E-state index in [1.165, 1.54) is 6.42 Å². The van der Waals surface area contributed by atoms with Crippen molar-refractivity contribution < 1.29 is 14.4 Å². The lowest BCUT2D eigenvalue weighted by molar-refractivity contribution is -0.143. The molecule has 0 aromatic heterocycles. The zero-order valence-corrected chi connectivity index (χ0v) is 16.9. The Labute approximate surface area is 163 Å². The van der Waals surface area contributed by atoms with E-state index in [2.05, 4.69) is 12.2 Å². The van der Waals surface area contributed by atoms with E-state index in [0.717, 1.165) is 44.9 Å². The van der Waals surface area contributed by atoms with E-state index in [1.54, 1.807) is 0 Å². The molecular formula is C21H35N3O3. The van der Waals surface area contributed by atoms with Gasteiger partial charge in [0.15, 0.2) is 0 Å². The van der Waals surface area contributed by atoms with Crippen molar-refractivity contribution in [3.63, 3.8) is 0 Å². The Hall–Kier alpha value is -1.59. The molecule has 0 aromatic rings. The van der Waals surface area contributed by atoms with Gasteiger partial charge in [0, 0.05) is 38.0 Å². The molecule has 1 aliphatic heterocycles. The topological polar surface area (TPSA) is 69.7 Å². The highest BCUT2D eigenvalue weighted by Crippen LogP contribution is 2.31. The molecular weight excluding hydrogens is 342 g/mol. The molecule has 2 atom stereocenters. The highest BCUT2D eigenvalue weighted by molar-refractivity contribution is 5.89. The van der Waals surface area contributed by atoms with Crippen LogP contribution in [0.2, 0.25) is 0 Å². The average molecular weight is 378 g/mol. The molecule has 0 aromatic carbocycles. The second kappa shape index (κ2) is 9.07. The fourth-order valence-electron chi connectivity index (χ4n) is 4.25. The lowest BCUT2D eigenvalue weighted by Gasteiger charge is -2.38. The SMILES string of the molecule is CCC(C)C(NC(=O)C1CCCCC1)C(=O)N1CCN(C(=O)C2CC2)CC1. The minimum absolute atomic E-state index is 0.0204. The number of piperazine rings is 1. The Bertz CT molecular complexity index is 547. The number of carbonyl (C=O) groups is 3. The molecule has 3 fully saturated rings. The summed E-state index contributed by atoms with van der Waals surface area (Å²) in [7, 11) is 0. The predicted molar refractivity (Wildman–Crippen MR) is 104 cm³/mol. The monoisotopic (exact) mass is 377 g/mol. The summed E-state index contributed by atoms with van der Waals surface area (Å²) in [5.74, 6) is 0.728. The maximum Gasteiger partial charge on any atom is 0.245 e. The van der Waals surface area contributed by atoms with Gasteiger partial charge in [-0.2, -0.15) is 0 Å². The molecule has 1 saturated heterocycles. The molecule has 0 bridgehead atoms. The van der Waals surface area contributed by atoms with Gasteiger partial charge in [0.2, 0.25) is 17.7 Å². The summed E-state index contributed by atoms with van der Waals surface area (Å²) in [6.07, 6.45) is 8.18. The van der Waals surface area contributed by atoms with E-state index in [9.17, 15) is 14.4 Å². The Balaban J connectivity index is 1.56. The van der Waals surface area contributed by atoms with Crippen LogP contribution in [0, 0.1) is 17.8 Å². The van der Waals surface area contributed by atoms with Gasteiger partial charge in [-0.3, -0.25) is 14.4 Å². The molecule has 2 unspecified atom stereocenters. The van der Waals surface area contributed by atoms with Crippen LogP contribution >= 0.6 is 0 Å². The number of carbonyl (C=O) groups excluding carboxylic acids is 3. The van der Waals surface area contributed by atoms with Crippen molar-refractivity contribution in [1.29, 1.82) is 0 Å². The molecule has 2 saturated carbocycles. The zero-order valence-electron chi connectivity index (χ0n) is 16.9. The number of rotatable bonds is 6. The third-order valence-corrected chi connectivity index (χ3v) is 6.58. The fourth-order valence-corrected chi connectivity index (χ4v) is 4.25. The van der Waals surface area contributed by atoms with Crippen molar-refractivity contribution in [2.24, 2.45) is 17.8 Å². The zero-order chi connectivity index (χ0) is 19.4. The van der Waals surface area contributed by atoms with Crippen LogP contribution in [-0.4, -0.2) is 59.7 Å². The second-order valence-corrected chi connectivity index (χ2v) is 8.63. The molecule has 3 rings (SSSR count). The largest absolute Gasteiger partial charge is 0.344 e. The number of nitrogens with zero attached hydrogens (tertiary/aromatic N) is 2. The first-order valence-corrected chi connectivity index (χ1v) is 10.9. The van der Waals surface area contributed by atoms with Crippen LogP contribution in [0.1, 0.15) is 65.2 Å². The molecule has 2 aliphatic carbocycles. The van der Waals surface area contributed by atoms with Gasteiger partial charge in [-0.1, -0.05) is 39.5 Å². The Kier molecular flexibility index (Phi) is 6.77. The van der Waals surface area contributed by atoms with Gasteiger partial charge in [-0.25, -0.2) is 0 Å². The highest BCUT2D eigenvalue weighted by atomic mass is 16.2. The molecule has 3 amide bonds. The molecule has 1 N–H and O–H groups in total. The van der Waals surface area contributed by atoms with Crippen molar-refractivity contribution in [2.45, 2.75) is 71.3 Å². The molecule has 152 valence electrons. The average Bonchev–Trinajstić information content (AvgIpc) is 3.56.